The molecule has 2 fully saturated rings. The van der Waals surface area contributed by atoms with Crippen LogP contribution in [0.2, 0.25) is 0 Å². The van der Waals surface area contributed by atoms with E-state index < -0.39 is 23.6 Å². The van der Waals surface area contributed by atoms with E-state index in [2.05, 4.69) is 11.8 Å². The van der Waals surface area contributed by atoms with Crippen LogP contribution in [-0.2, 0) is 17.6 Å². The predicted molar refractivity (Wildman–Crippen MR) is 169 cm³/mol. The SMILES string of the molecule is CCc1nc(Cc2ccc(F)cc2F)sc1C1CCN(CC2CC(N(C)[C@@H](C(=O)O)C(C)C)CC2c2cccc(F)c2)CC1. The molecule has 0 bridgehead atoms. The second-order valence-electron chi connectivity index (χ2n) is 13.0. The highest BCUT2D eigenvalue weighted by atomic mass is 32.1. The first-order valence-corrected chi connectivity index (χ1v) is 16.7. The minimum atomic E-state index is -0.796. The number of likely N-dealkylation sites (N-methyl/N-ethyl adjacent to an activating group) is 1. The van der Waals surface area contributed by atoms with Crippen LogP contribution in [0.1, 0.15) is 85.0 Å². The van der Waals surface area contributed by atoms with Gasteiger partial charge in [-0.25, -0.2) is 18.2 Å². The molecule has 0 amide bonds. The monoisotopic (exact) mass is 627 g/mol. The lowest BCUT2D eigenvalue weighted by molar-refractivity contribution is -0.145. The molecule has 3 unspecified atom stereocenters. The lowest BCUT2D eigenvalue weighted by Crippen LogP contribution is -2.47. The Labute approximate surface area is 263 Å². The number of rotatable bonds is 11. The zero-order chi connectivity index (χ0) is 31.5. The summed E-state index contributed by atoms with van der Waals surface area (Å²) in [6.07, 6.45) is 4.89. The summed E-state index contributed by atoms with van der Waals surface area (Å²) in [7, 11) is 1.93. The summed E-state index contributed by atoms with van der Waals surface area (Å²) in [5.74, 6) is -1.29. The Balaban J connectivity index is 1.26. The number of hydrogen-bond acceptors (Lipinski definition) is 5. The van der Waals surface area contributed by atoms with Gasteiger partial charge in [-0.1, -0.05) is 39.0 Å². The molecular weight excluding hydrogens is 583 g/mol. The van der Waals surface area contributed by atoms with Gasteiger partial charge >= 0.3 is 5.97 Å². The summed E-state index contributed by atoms with van der Waals surface area (Å²) in [4.78, 5) is 22.8. The Bertz CT molecular complexity index is 1440. The predicted octanol–water partition coefficient (Wildman–Crippen LogP) is 7.50. The number of hydrogen-bond donors (Lipinski definition) is 1. The number of carbonyl (C=O) groups is 1. The Morgan fingerprint density at radius 2 is 1.82 bits per heavy atom. The van der Waals surface area contributed by atoms with E-state index in [4.69, 9.17) is 4.98 Å². The number of aliphatic carboxylic acids is 1. The van der Waals surface area contributed by atoms with Crippen LogP contribution in [-0.4, -0.2) is 64.6 Å². The molecular formula is C35H44F3N3O2S. The smallest absolute Gasteiger partial charge is 0.321 e. The molecule has 2 heterocycles. The highest BCUT2D eigenvalue weighted by Gasteiger charge is 2.42. The van der Waals surface area contributed by atoms with Gasteiger partial charge in [0.1, 0.15) is 23.5 Å². The van der Waals surface area contributed by atoms with Gasteiger partial charge in [-0.15, -0.1) is 11.3 Å². The molecule has 0 spiro atoms. The van der Waals surface area contributed by atoms with Crippen molar-refractivity contribution in [3.63, 3.8) is 0 Å². The van der Waals surface area contributed by atoms with Crippen molar-refractivity contribution in [3.8, 4) is 0 Å². The van der Waals surface area contributed by atoms with Crippen molar-refractivity contribution >= 4 is 17.3 Å². The molecule has 1 aliphatic carbocycles. The summed E-state index contributed by atoms with van der Waals surface area (Å²) >= 11 is 1.66. The second kappa shape index (κ2) is 14.1. The Morgan fingerprint density at radius 3 is 2.45 bits per heavy atom. The Kier molecular flexibility index (Phi) is 10.5. The van der Waals surface area contributed by atoms with Gasteiger partial charge in [-0.05, 0) is 105 Å². The van der Waals surface area contributed by atoms with Crippen LogP contribution in [0.4, 0.5) is 13.2 Å². The number of nitrogens with zero attached hydrogens (tertiary/aromatic N) is 3. The van der Waals surface area contributed by atoms with Gasteiger partial charge in [0.05, 0.1) is 10.7 Å². The standard InChI is InChI=1S/C35H44F3N3O2S/c1-5-31-34(44-32(39-31)17-24-9-10-27(37)18-30(24)38)22-11-13-41(14-12-22)20-25-16-28(40(4)33(21(2)3)35(42)43)19-29(25)23-7-6-8-26(36)15-23/h6-10,15,18,21-22,25,28-29,33H,5,11-14,16-17,19-20H2,1-4H3,(H,42,43)/t25?,28?,29?,33-/m1/s1. The Hall–Kier alpha value is -2.75. The fraction of sp³-hybridized carbons (Fsp3) is 0.543. The number of carboxylic acid groups (broad SMARTS) is 1. The molecule has 5 rings (SSSR count). The molecule has 5 nitrogen and oxygen atoms in total. The number of halogens is 3. The maximum absolute atomic E-state index is 14.3. The molecule has 4 atom stereocenters. The van der Waals surface area contributed by atoms with E-state index >= 15 is 0 Å². The number of aromatic nitrogens is 1. The molecule has 238 valence electrons. The molecule has 9 heteroatoms. The average Bonchev–Trinajstić information content (AvgIpc) is 3.59. The molecule has 1 N–H and O–H groups in total. The van der Waals surface area contributed by atoms with Crippen LogP contribution in [0.5, 0.6) is 0 Å². The van der Waals surface area contributed by atoms with Crippen LogP contribution in [0.15, 0.2) is 42.5 Å². The summed E-state index contributed by atoms with van der Waals surface area (Å²) in [5.41, 5.74) is 2.54. The van der Waals surface area contributed by atoms with E-state index in [9.17, 15) is 23.1 Å². The van der Waals surface area contributed by atoms with Gasteiger partial charge in [0.2, 0.25) is 0 Å². The van der Waals surface area contributed by atoms with Crippen molar-refractivity contribution in [2.24, 2.45) is 11.8 Å². The summed E-state index contributed by atoms with van der Waals surface area (Å²) in [6.45, 7) is 8.80. The number of aryl methyl sites for hydroxylation is 1. The van der Waals surface area contributed by atoms with Crippen molar-refractivity contribution in [2.75, 3.05) is 26.7 Å². The molecule has 1 aliphatic heterocycles. The van der Waals surface area contributed by atoms with Gasteiger partial charge in [0, 0.05) is 30.0 Å². The van der Waals surface area contributed by atoms with E-state index in [1.165, 1.54) is 23.1 Å². The van der Waals surface area contributed by atoms with Gasteiger partial charge in [0.15, 0.2) is 0 Å². The number of thiazole rings is 1. The average molecular weight is 628 g/mol. The molecule has 3 aromatic rings. The summed E-state index contributed by atoms with van der Waals surface area (Å²) in [5, 5.41) is 10.8. The van der Waals surface area contributed by atoms with E-state index in [-0.39, 0.29) is 23.7 Å². The zero-order valence-corrected chi connectivity index (χ0v) is 26.9. The first-order valence-electron chi connectivity index (χ1n) is 15.9. The highest BCUT2D eigenvalue weighted by molar-refractivity contribution is 7.11. The second-order valence-corrected chi connectivity index (χ2v) is 14.1. The van der Waals surface area contributed by atoms with Crippen LogP contribution < -0.4 is 0 Å². The van der Waals surface area contributed by atoms with Crippen molar-refractivity contribution in [1.29, 1.82) is 0 Å². The summed E-state index contributed by atoms with van der Waals surface area (Å²) < 4.78 is 42.0. The molecule has 2 aliphatic rings. The first-order chi connectivity index (χ1) is 21.0. The number of carboxylic acids is 1. The van der Waals surface area contributed by atoms with Crippen LogP contribution >= 0.6 is 11.3 Å². The molecule has 1 saturated heterocycles. The fourth-order valence-corrected chi connectivity index (χ4v) is 8.88. The third-order valence-corrected chi connectivity index (χ3v) is 11.0. The molecule has 2 aromatic carbocycles. The normalized spacial score (nSPS) is 22.2. The maximum atomic E-state index is 14.3. The van der Waals surface area contributed by atoms with E-state index in [1.807, 2.05) is 31.9 Å². The van der Waals surface area contributed by atoms with E-state index in [1.54, 1.807) is 23.5 Å². The minimum absolute atomic E-state index is 0.0156. The maximum Gasteiger partial charge on any atom is 0.321 e. The largest absolute Gasteiger partial charge is 0.480 e. The lowest BCUT2D eigenvalue weighted by atomic mass is 9.87. The third kappa shape index (κ3) is 7.37. The topological polar surface area (TPSA) is 56.7 Å². The van der Waals surface area contributed by atoms with Gasteiger partial charge in [-0.3, -0.25) is 9.69 Å². The quantitative estimate of drug-likeness (QED) is 0.239. The fourth-order valence-electron chi connectivity index (χ4n) is 7.53. The summed E-state index contributed by atoms with van der Waals surface area (Å²) in [6, 6.07) is 10.2. The Morgan fingerprint density at radius 1 is 1.09 bits per heavy atom. The highest BCUT2D eigenvalue weighted by Crippen LogP contribution is 2.44. The first kappa shape index (κ1) is 32.6. The number of benzene rings is 2. The minimum Gasteiger partial charge on any atom is -0.480 e. The van der Waals surface area contributed by atoms with Crippen LogP contribution in [0.3, 0.4) is 0 Å². The van der Waals surface area contributed by atoms with E-state index in [0.717, 1.165) is 74.1 Å². The van der Waals surface area contributed by atoms with Crippen LogP contribution in [0, 0.1) is 29.3 Å². The molecule has 0 radical (unpaired) electrons. The van der Waals surface area contributed by atoms with Gasteiger partial charge in [-0.2, -0.15) is 0 Å². The lowest BCUT2D eigenvalue weighted by Gasteiger charge is -2.35. The molecule has 44 heavy (non-hydrogen) atoms. The number of piperidine rings is 1. The molecule has 1 aromatic heterocycles. The van der Waals surface area contributed by atoms with Crippen molar-refractivity contribution in [2.45, 2.75) is 83.2 Å². The van der Waals surface area contributed by atoms with Crippen molar-refractivity contribution in [3.05, 3.63) is 86.6 Å². The van der Waals surface area contributed by atoms with Crippen LogP contribution in [0.25, 0.3) is 0 Å². The third-order valence-electron chi connectivity index (χ3n) is 9.76. The van der Waals surface area contributed by atoms with Gasteiger partial charge in [0.25, 0.3) is 0 Å². The zero-order valence-electron chi connectivity index (χ0n) is 26.1. The van der Waals surface area contributed by atoms with Crippen molar-refractivity contribution < 1.29 is 23.1 Å². The van der Waals surface area contributed by atoms with E-state index in [0.29, 0.717) is 23.8 Å². The number of likely N-dealkylation sites (tertiary alicyclic amines) is 1. The van der Waals surface area contributed by atoms with Gasteiger partial charge < -0.3 is 10.0 Å². The van der Waals surface area contributed by atoms with Crippen molar-refractivity contribution in [1.82, 2.24) is 14.8 Å². The molecule has 1 saturated carbocycles.